The molecule has 1 aromatic rings. The van der Waals surface area contributed by atoms with E-state index < -0.39 is 0 Å². The minimum absolute atomic E-state index is 0.650. The topological polar surface area (TPSA) is 32.3 Å². The van der Waals surface area contributed by atoms with Gasteiger partial charge in [-0.25, -0.2) is 9.97 Å². The molecule has 0 bridgehead atoms. The van der Waals surface area contributed by atoms with Crippen molar-refractivity contribution in [3.05, 3.63) is 16.9 Å². The number of anilines is 1. The third-order valence-electron chi connectivity index (χ3n) is 3.38. The van der Waals surface area contributed by atoms with Gasteiger partial charge in [-0.3, -0.25) is 4.90 Å². The van der Waals surface area contributed by atoms with Crippen LogP contribution in [0.15, 0.2) is 16.9 Å². The lowest BCUT2D eigenvalue weighted by atomic mass is 10.2. The highest BCUT2D eigenvalue weighted by atomic mass is 79.9. The predicted octanol–water partition coefficient (Wildman–Crippen LogP) is 2.16. The number of nitrogens with zero attached hydrogens (tertiary/aromatic N) is 4. The summed E-state index contributed by atoms with van der Waals surface area (Å²) >= 11 is 3.36. The van der Waals surface area contributed by atoms with Gasteiger partial charge in [-0.15, -0.1) is 0 Å². The minimum Gasteiger partial charge on any atom is -0.339 e. The predicted molar refractivity (Wildman–Crippen MR) is 73.3 cm³/mol. The molecule has 2 heterocycles. The molecule has 2 rings (SSSR count). The van der Waals surface area contributed by atoms with E-state index >= 15 is 0 Å². The normalized spacial score (nSPS) is 20.2. The molecule has 0 N–H and O–H groups in total. The highest BCUT2D eigenvalue weighted by molar-refractivity contribution is 9.10. The van der Waals surface area contributed by atoms with Gasteiger partial charge in [-0.05, 0) is 35.4 Å². The summed E-state index contributed by atoms with van der Waals surface area (Å²) in [6.45, 7) is 8.79. The van der Waals surface area contributed by atoms with Gasteiger partial charge in [0.1, 0.15) is 0 Å². The minimum atomic E-state index is 0.650. The van der Waals surface area contributed by atoms with E-state index in [0.717, 1.165) is 36.6 Å². The van der Waals surface area contributed by atoms with E-state index in [4.69, 9.17) is 0 Å². The molecule has 0 spiro atoms. The SMILES string of the molecule is CCN(CC)C1CCN(c2ncc(Br)cn2)C1. The lowest BCUT2D eigenvalue weighted by Gasteiger charge is -2.26. The Morgan fingerprint density at radius 1 is 1.35 bits per heavy atom. The third-order valence-corrected chi connectivity index (χ3v) is 3.79. The Morgan fingerprint density at radius 2 is 2.00 bits per heavy atom. The molecular formula is C12H19BrN4. The van der Waals surface area contributed by atoms with Gasteiger partial charge in [0.25, 0.3) is 0 Å². The number of halogens is 1. The van der Waals surface area contributed by atoms with Crippen molar-refractivity contribution in [2.75, 3.05) is 31.1 Å². The van der Waals surface area contributed by atoms with Gasteiger partial charge in [0.2, 0.25) is 5.95 Å². The maximum Gasteiger partial charge on any atom is 0.225 e. The molecule has 0 aliphatic carbocycles. The summed E-state index contributed by atoms with van der Waals surface area (Å²) in [7, 11) is 0. The van der Waals surface area contributed by atoms with Crippen LogP contribution in [0.2, 0.25) is 0 Å². The lowest BCUT2D eigenvalue weighted by Crippen LogP contribution is -2.37. The molecule has 0 aromatic carbocycles. The molecule has 17 heavy (non-hydrogen) atoms. The molecule has 0 radical (unpaired) electrons. The maximum atomic E-state index is 4.36. The van der Waals surface area contributed by atoms with Crippen molar-refractivity contribution >= 4 is 21.9 Å². The van der Waals surface area contributed by atoms with Crippen LogP contribution in [0.3, 0.4) is 0 Å². The van der Waals surface area contributed by atoms with E-state index in [2.05, 4.69) is 49.5 Å². The van der Waals surface area contributed by atoms with E-state index in [1.165, 1.54) is 6.42 Å². The Morgan fingerprint density at radius 3 is 2.59 bits per heavy atom. The van der Waals surface area contributed by atoms with Gasteiger partial charge in [0.05, 0.1) is 4.47 Å². The zero-order valence-corrected chi connectivity index (χ0v) is 12.0. The Bertz CT molecular complexity index is 350. The van der Waals surface area contributed by atoms with Crippen LogP contribution in [0, 0.1) is 0 Å². The average molecular weight is 299 g/mol. The number of hydrogen-bond donors (Lipinski definition) is 0. The van der Waals surface area contributed by atoms with Crippen molar-refractivity contribution in [1.82, 2.24) is 14.9 Å². The summed E-state index contributed by atoms with van der Waals surface area (Å²) in [6, 6.07) is 0.650. The molecule has 1 aromatic heterocycles. The van der Waals surface area contributed by atoms with E-state index in [0.29, 0.717) is 6.04 Å². The first-order valence-electron chi connectivity index (χ1n) is 6.21. The number of hydrogen-bond acceptors (Lipinski definition) is 4. The summed E-state index contributed by atoms with van der Waals surface area (Å²) in [6.07, 6.45) is 4.83. The standard InChI is InChI=1S/C12H19BrN4/c1-3-16(4-2)11-5-6-17(9-11)12-14-7-10(13)8-15-12/h7-8,11H,3-6,9H2,1-2H3. The fraction of sp³-hybridized carbons (Fsp3) is 0.667. The Hall–Kier alpha value is -0.680. The van der Waals surface area contributed by atoms with Crippen LogP contribution in [-0.2, 0) is 0 Å². The molecule has 0 saturated carbocycles. The van der Waals surface area contributed by atoms with Crippen molar-refractivity contribution < 1.29 is 0 Å². The number of likely N-dealkylation sites (N-methyl/N-ethyl adjacent to an activating group) is 1. The zero-order chi connectivity index (χ0) is 12.3. The average Bonchev–Trinajstić information content (AvgIpc) is 2.81. The number of aromatic nitrogens is 2. The second kappa shape index (κ2) is 5.78. The van der Waals surface area contributed by atoms with Crippen molar-refractivity contribution in [3.63, 3.8) is 0 Å². The van der Waals surface area contributed by atoms with Gasteiger partial charge < -0.3 is 4.90 Å². The lowest BCUT2D eigenvalue weighted by molar-refractivity contribution is 0.232. The molecule has 4 nitrogen and oxygen atoms in total. The Balaban J connectivity index is 2.00. The monoisotopic (exact) mass is 298 g/mol. The highest BCUT2D eigenvalue weighted by Gasteiger charge is 2.27. The van der Waals surface area contributed by atoms with Crippen LogP contribution in [0.1, 0.15) is 20.3 Å². The summed E-state index contributed by atoms with van der Waals surface area (Å²) in [5.74, 6) is 0.850. The summed E-state index contributed by atoms with van der Waals surface area (Å²) in [4.78, 5) is 13.5. The second-order valence-electron chi connectivity index (χ2n) is 4.31. The van der Waals surface area contributed by atoms with Crippen LogP contribution in [0.5, 0.6) is 0 Å². The highest BCUT2D eigenvalue weighted by Crippen LogP contribution is 2.20. The van der Waals surface area contributed by atoms with Crippen LogP contribution in [0.25, 0.3) is 0 Å². The largest absolute Gasteiger partial charge is 0.339 e. The van der Waals surface area contributed by atoms with Crippen LogP contribution in [-0.4, -0.2) is 47.1 Å². The molecular weight excluding hydrogens is 280 g/mol. The summed E-state index contributed by atoms with van der Waals surface area (Å²) < 4.78 is 0.931. The van der Waals surface area contributed by atoms with Gasteiger partial charge in [-0.2, -0.15) is 0 Å². The van der Waals surface area contributed by atoms with Gasteiger partial charge in [0, 0.05) is 31.5 Å². The fourth-order valence-corrected chi connectivity index (χ4v) is 2.64. The van der Waals surface area contributed by atoms with Crippen LogP contribution in [0.4, 0.5) is 5.95 Å². The zero-order valence-electron chi connectivity index (χ0n) is 10.4. The maximum absolute atomic E-state index is 4.36. The molecule has 5 heteroatoms. The summed E-state index contributed by atoms with van der Waals surface area (Å²) in [5, 5.41) is 0. The third kappa shape index (κ3) is 2.96. The van der Waals surface area contributed by atoms with Crippen LogP contribution < -0.4 is 4.90 Å². The first kappa shape index (κ1) is 12.8. The van der Waals surface area contributed by atoms with E-state index in [1.54, 1.807) is 0 Å². The molecule has 1 aliphatic rings. The fourth-order valence-electron chi connectivity index (χ4n) is 2.43. The van der Waals surface area contributed by atoms with Gasteiger partial charge >= 0.3 is 0 Å². The first-order chi connectivity index (χ1) is 8.24. The molecule has 94 valence electrons. The molecule has 1 aliphatic heterocycles. The Kier molecular flexibility index (Phi) is 4.34. The smallest absolute Gasteiger partial charge is 0.225 e. The van der Waals surface area contributed by atoms with Crippen molar-refractivity contribution in [2.45, 2.75) is 26.3 Å². The van der Waals surface area contributed by atoms with E-state index in [1.807, 2.05) is 12.4 Å². The van der Waals surface area contributed by atoms with Crippen LogP contribution >= 0.6 is 15.9 Å². The molecule has 1 atom stereocenters. The van der Waals surface area contributed by atoms with Crippen molar-refractivity contribution in [2.24, 2.45) is 0 Å². The second-order valence-corrected chi connectivity index (χ2v) is 5.23. The van der Waals surface area contributed by atoms with E-state index in [-0.39, 0.29) is 0 Å². The molecule has 1 saturated heterocycles. The van der Waals surface area contributed by atoms with Gasteiger partial charge in [0.15, 0.2) is 0 Å². The van der Waals surface area contributed by atoms with Crippen molar-refractivity contribution in [1.29, 1.82) is 0 Å². The van der Waals surface area contributed by atoms with Gasteiger partial charge in [-0.1, -0.05) is 13.8 Å². The molecule has 0 amide bonds. The van der Waals surface area contributed by atoms with E-state index in [9.17, 15) is 0 Å². The quantitative estimate of drug-likeness (QED) is 0.853. The van der Waals surface area contributed by atoms with Crippen molar-refractivity contribution in [3.8, 4) is 0 Å². The molecule has 1 unspecified atom stereocenters. The number of rotatable bonds is 4. The molecule has 1 fully saturated rings. The summed E-state index contributed by atoms with van der Waals surface area (Å²) in [5.41, 5.74) is 0. The first-order valence-corrected chi connectivity index (χ1v) is 7.00. The Labute approximate surface area is 111 Å².